The van der Waals surface area contributed by atoms with Crippen LogP contribution in [0, 0.1) is 5.92 Å². The lowest BCUT2D eigenvalue weighted by atomic mass is 9.92. The number of nitrogens with two attached hydrogens (primary N) is 1. The van der Waals surface area contributed by atoms with Crippen LogP contribution in [0.2, 0.25) is 0 Å². The van der Waals surface area contributed by atoms with Crippen LogP contribution in [0.3, 0.4) is 0 Å². The molecule has 134 valence electrons. The van der Waals surface area contributed by atoms with Crippen molar-refractivity contribution in [2.45, 2.75) is 58.3 Å². The number of hydrogen-bond acceptors (Lipinski definition) is 3. The third-order valence-corrected chi connectivity index (χ3v) is 5.41. The first kappa shape index (κ1) is 17.5. The summed E-state index contributed by atoms with van der Waals surface area (Å²) < 4.78 is 1.88. The largest absolute Gasteiger partial charge is 0.506 e. The number of aromatic nitrogens is 1. The maximum Gasteiger partial charge on any atom is 0.289 e. The van der Waals surface area contributed by atoms with Crippen LogP contribution in [0.5, 0.6) is 5.75 Å². The molecule has 5 nitrogen and oxygen atoms in total. The average molecular weight is 342 g/mol. The summed E-state index contributed by atoms with van der Waals surface area (Å²) in [5, 5.41) is 10.3. The molecule has 0 saturated heterocycles. The summed E-state index contributed by atoms with van der Waals surface area (Å²) in [6.45, 7) is 1.97. The zero-order chi connectivity index (χ0) is 18.0. The van der Waals surface area contributed by atoms with Crippen molar-refractivity contribution >= 4 is 17.2 Å². The van der Waals surface area contributed by atoms with Gasteiger partial charge >= 0.3 is 0 Å². The summed E-state index contributed by atoms with van der Waals surface area (Å²) in [6.07, 6.45) is 10.8. The van der Waals surface area contributed by atoms with Gasteiger partial charge in [0.2, 0.25) is 0 Å². The fraction of sp³-hybridized carbons (Fsp3) is 0.500. The minimum absolute atomic E-state index is 0.00826. The molecular formula is C20H26N2O3. The molecule has 1 aliphatic rings. The van der Waals surface area contributed by atoms with Crippen LogP contribution < -0.4 is 5.73 Å². The fourth-order valence-electron chi connectivity index (χ4n) is 4.21. The minimum Gasteiger partial charge on any atom is -0.506 e. The number of fused-ring (bicyclic) bond motifs is 1. The highest BCUT2D eigenvalue weighted by molar-refractivity contribution is 6.44. The molecule has 0 unspecified atom stereocenters. The third kappa shape index (κ3) is 3.28. The number of aromatic hydroxyl groups is 1. The van der Waals surface area contributed by atoms with Gasteiger partial charge in [-0.05, 0) is 36.5 Å². The maximum atomic E-state index is 12.5. The van der Waals surface area contributed by atoms with E-state index in [2.05, 4.69) is 0 Å². The predicted octanol–water partition coefficient (Wildman–Crippen LogP) is 3.39. The zero-order valence-corrected chi connectivity index (χ0v) is 14.8. The molecule has 3 rings (SSSR count). The van der Waals surface area contributed by atoms with Crippen molar-refractivity contribution in [1.29, 1.82) is 0 Å². The van der Waals surface area contributed by atoms with Gasteiger partial charge in [0.25, 0.3) is 11.7 Å². The van der Waals surface area contributed by atoms with Gasteiger partial charge in [-0.2, -0.15) is 0 Å². The molecule has 0 spiro atoms. The number of nitrogens with zero attached hydrogens (tertiary/aromatic N) is 1. The molecule has 0 atom stereocenters. The van der Waals surface area contributed by atoms with E-state index in [-0.39, 0.29) is 11.3 Å². The lowest BCUT2D eigenvalue weighted by Gasteiger charge is -2.15. The Morgan fingerprint density at radius 1 is 1.24 bits per heavy atom. The molecule has 5 heteroatoms. The second kappa shape index (κ2) is 7.30. The van der Waals surface area contributed by atoms with Crippen LogP contribution in [0.1, 0.15) is 67.1 Å². The van der Waals surface area contributed by atoms with Crippen LogP contribution in [-0.4, -0.2) is 21.2 Å². The predicted molar refractivity (Wildman–Crippen MR) is 96.9 cm³/mol. The van der Waals surface area contributed by atoms with Crippen molar-refractivity contribution in [3.63, 3.8) is 0 Å². The number of hydrogen-bond donors (Lipinski definition) is 2. The topological polar surface area (TPSA) is 84.8 Å². The third-order valence-electron chi connectivity index (χ3n) is 5.41. The number of Topliss-reactive ketones (excluding diaryl/α,β-unsaturated/α-hetero) is 1. The van der Waals surface area contributed by atoms with Crippen molar-refractivity contribution in [3.05, 3.63) is 35.2 Å². The van der Waals surface area contributed by atoms with E-state index in [1.54, 1.807) is 12.1 Å². The average Bonchev–Trinajstić information content (AvgIpc) is 2.73. The van der Waals surface area contributed by atoms with E-state index in [9.17, 15) is 14.7 Å². The number of pyridine rings is 1. The van der Waals surface area contributed by atoms with E-state index in [1.807, 2.05) is 17.5 Å². The molecule has 25 heavy (non-hydrogen) atoms. The smallest absolute Gasteiger partial charge is 0.289 e. The molecule has 0 bridgehead atoms. The van der Waals surface area contributed by atoms with Crippen LogP contribution in [0.25, 0.3) is 5.52 Å². The SMILES string of the molecule is CCc1c(C(=O)C(N)=O)c2c(O)cccn2c1CC1CCCCCC1. The van der Waals surface area contributed by atoms with E-state index in [4.69, 9.17) is 5.73 Å². The molecule has 0 aliphatic heterocycles. The normalized spacial score (nSPS) is 16.0. The van der Waals surface area contributed by atoms with Gasteiger partial charge in [0, 0.05) is 11.9 Å². The van der Waals surface area contributed by atoms with Gasteiger partial charge in [0.1, 0.15) is 5.75 Å². The van der Waals surface area contributed by atoms with Gasteiger partial charge in [0.15, 0.2) is 0 Å². The summed E-state index contributed by atoms with van der Waals surface area (Å²) in [4.78, 5) is 24.0. The standard InChI is InChI=1S/C20H26N2O3/c1-2-14-15(12-13-8-5-3-4-6-9-13)22-11-7-10-16(23)18(22)17(14)19(24)20(21)25/h7,10-11,13,23H,2-6,8-9,12H2,1H3,(H2,21,25). The number of rotatable bonds is 5. The highest BCUT2D eigenvalue weighted by atomic mass is 16.3. The Bertz CT molecular complexity index is 799. The summed E-state index contributed by atoms with van der Waals surface area (Å²) in [5.41, 5.74) is 7.83. The Labute approximate surface area is 147 Å². The summed E-state index contributed by atoms with van der Waals surface area (Å²) >= 11 is 0. The van der Waals surface area contributed by atoms with Crippen LogP contribution >= 0.6 is 0 Å². The zero-order valence-electron chi connectivity index (χ0n) is 14.8. The van der Waals surface area contributed by atoms with Crippen molar-refractivity contribution in [3.8, 4) is 5.75 Å². The Hall–Kier alpha value is -2.30. The monoisotopic (exact) mass is 342 g/mol. The molecular weight excluding hydrogens is 316 g/mol. The van der Waals surface area contributed by atoms with Gasteiger partial charge in [-0.15, -0.1) is 0 Å². The molecule has 2 heterocycles. The second-order valence-electron chi connectivity index (χ2n) is 7.02. The molecule has 3 N–H and O–H groups in total. The van der Waals surface area contributed by atoms with Gasteiger partial charge in [-0.3, -0.25) is 9.59 Å². The van der Waals surface area contributed by atoms with E-state index in [1.165, 1.54) is 38.5 Å². The second-order valence-corrected chi connectivity index (χ2v) is 7.02. The molecule has 2 aromatic heterocycles. The van der Waals surface area contributed by atoms with Gasteiger partial charge in [0.05, 0.1) is 11.1 Å². The molecule has 1 saturated carbocycles. The Balaban J connectivity index is 2.15. The lowest BCUT2D eigenvalue weighted by Crippen LogP contribution is -2.24. The van der Waals surface area contributed by atoms with E-state index < -0.39 is 11.7 Å². The first-order chi connectivity index (χ1) is 12.0. The molecule has 2 aromatic rings. The molecule has 0 aromatic carbocycles. The van der Waals surface area contributed by atoms with Crippen LogP contribution in [0.15, 0.2) is 18.3 Å². The first-order valence-electron chi connectivity index (χ1n) is 9.22. The van der Waals surface area contributed by atoms with Crippen molar-refractivity contribution in [2.24, 2.45) is 11.7 Å². The lowest BCUT2D eigenvalue weighted by molar-refractivity contribution is -0.114. The van der Waals surface area contributed by atoms with Gasteiger partial charge in [-0.25, -0.2) is 0 Å². The van der Waals surface area contributed by atoms with E-state index >= 15 is 0 Å². The van der Waals surface area contributed by atoms with Crippen LogP contribution in [-0.2, 0) is 17.6 Å². The van der Waals surface area contributed by atoms with Crippen LogP contribution in [0.4, 0.5) is 0 Å². The van der Waals surface area contributed by atoms with Gasteiger partial charge < -0.3 is 15.2 Å². The van der Waals surface area contributed by atoms with Crippen molar-refractivity contribution in [2.75, 3.05) is 0 Å². The number of amides is 1. The van der Waals surface area contributed by atoms with E-state index in [0.717, 1.165) is 17.7 Å². The first-order valence-corrected chi connectivity index (χ1v) is 9.22. The maximum absolute atomic E-state index is 12.5. The Kier molecular flexibility index (Phi) is 5.11. The summed E-state index contributed by atoms with van der Waals surface area (Å²) in [7, 11) is 0. The number of ketones is 1. The molecule has 1 fully saturated rings. The Morgan fingerprint density at radius 3 is 2.52 bits per heavy atom. The summed E-state index contributed by atoms with van der Waals surface area (Å²) in [6, 6.07) is 3.30. The number of carbonyl (C=O) groups excluding carboxylic acids is 2. The molecule has 1 amide bonds. The molecule has 0 radical (unpaired) electrons. The minimum atomic E-state index is -0.980. The van der Waals surface area contributed by atoms with Gasteiger partial charge in [-0.1, -0.05) is 45.4 Å². The fourth-order valence-corrected chi connectivity index (χ4v) is 4.21. The highest BCUT2D eigenvalue weighted by Crippen LogP contribution is 2.34. The highest BCUT2D eigenvalue weighted by Gasteiger charge is 2.28. The quantitative estimate of drug-likeness (QED) is 0.496. The van der Waals surface area contributed by atoms with E-state index in [0.29, 0.717) is 17.9 Å². The van der Waals surface area contributed by atoms with Crippen molar-refractivity contribution in [1.82, 2.24) is 4.40 Å². The number of carbonyl (C=O) groups is 2. The summed E-state index contributed by atoms with van der Waals surface area (Å²) in [5.74, 6) is -1.12. The number of primary amides is 1. The van der Waals surface area contributed by atoms with Crippen molar-refractivity contribution < 1.29 is 14.7 Å². The Morgan fingerprint density at radius 2 is 1.92 bits per heavy atom. The molecule has 1 aliphatic carbocycles.